The summed E-state index contributed by atoms with van der Waals surface area (Å²) in [7, 11) is 1.70. The van der Waals surface area contributed by atoms with Gasteiger partial charge in [0.25, 0.3) is 0 Å². The third kappa shape index (κ3) is 3.88. The third-order valence-electron chi connectivity index (χ3n) is 7.65. The van der Waals surface area contributed by atoms with Crippen LogP contribution in [0.2, 0.25) is 0 Å². The smallest absolute Gasteiger partial charge is 0.145 e. The Labute approximate surface area is 233 Å². The van der Waals surface area contributed by atoms with E-state index < -0.39 is 0 Å². The van der Waals surface area contributed by atoms with Gasteiger partial charge in [-0.3, -0.25) is 4.57 Å². The van der Waals surface area contributed by atoms with Crippen molar-refractivity contribution in [1.82, 2.24) is 14.1 Å². The zero-order valence-corrected chi connectivity index (χ0v) is 22.6. The second-order valence-corrected chi connectivity index (χ2v) is 9.89. The topological polar surface area (TPSA) is 32.0 Å². The predicted molar refractivity (Wildman–Crippen MR) is 165 cm³/mol. The van der Waals surface area contributed by atoms with Crippen LogP contribution in [0, 0.1) is 0 Å². The number of hydrogen-bond donors (Lipinski definition) is 0. The Morgan fingerprint density at radius 3 is 1.98 bits per heavy atom. The number of aromatic nitrogens is 3. The Morgan fingerprint density at radius 2 is 1.27 bits per heavy atom. The Bertz CT molecular complexity index is 1950. The van der Waals surface area contributed by atoms with Crippen molar-refractivity contribution in [2.45, 2.75) is 13.5 Å². The molecule has 0 aliphatic rings. The van der Waals surface area contributed by atoms with Crippen molar-refractivity contribution in [3.8, 4) is 45.3 Å². The van der Waals surface area contributed by atoms with Crippen LogP contribution in [0.4, 0.5) is 0 Å². The van der Waals surface area contributed by atoms with Gasteiger partial charge >= 0.3 is 0 Å². The van der Waals surface area contributed by atoms with Gasteiger partial charge in [-0.1, -0.05) is 78.9 Å². The largest absolute Gasteiger partial charge is 0.497 e. The van der Waals surface area contributed by atoms with Crippen LogP contribution >= 0.6 is 0 Å². The summed E-state index contributed by atoms with van der Waals surface area (Å²) >= 11 is 0. The number of rotatable bonds is 6. The molecule has 4 heteroatoms. The normalized spacial score (nSPS) is 11.3. The van der Waals surface area contributed by atoms with Gasteiger partial charge in [0, 0.05) is 50.7 Å². The molecular weight excluding hydrogens is 490 g/mol. The number of imidazole rings is 1. The molecule has 0 fully saturated rings. The molecule has 0 saturated heterocycles. The number of fused-ring (bicyclic) bond motifs is 3. The number of benzene rings is 5. The highest BCUT2D eigenvalue weighted by atomic mass is 16.5. The fourth-order valence-electron chi connectivity index (χ4n) is 5.79. The van der Waals surface area contributed by atoms with Crippen molar-refractivity contribution < 1.29 is 4.74 Å². The SMILES string of the molecule is CCn1c2ccccc2c2cc(-c3nc(-c4ccccc4)c(-c4ccccc4)n3-c3ccc(OC)cc3)ccc21. The van der Waals surface area contributed by atoms with E-state index in [1.807, 2.05) is 18.2 Å². The minimum absolute atomic E-state index is 0.823. The van der Waals surface area contributed by atoms with Gasteiger partial charge in [-0.2, -0.15) is 0 Å². The van der Waals surface area contributed by atoms with Crippen LogP contribution in [0.5, 0.6) is 5.75 Å². The maximum Gasteiger partial charge on any atom is 0.145 e. The van der Waals surface area contributed by atoms with E-state index in [1.165, 1.54) is 21.8 Å². The quantitative estimate of drug-likeness (QED) is 0.220. The first-order valence-electron chi connectivity index (χ1n) is 13.7. The molecule has 0 radical (unpaired) electrons. The van der Waals surface area contributed by atoms with Crippen molar-refractivity contribution in [3.05, 3.63) is 127 Å². The summed E-state index contributed by atoms with van der Waals surface area (Å²) < 4.78 is 10.2. The van der Waals surface area contributed by atoms with Crippen LogP contribution in [-0.2, 0) is 6.54 Å². The molecule has 5 aromatic carbocycles. The van der Waals surface area contributed by atoms with Gasteiger partial charge in [0.15, 0.2) is 0 Å². The van der Waals surface area contributed by atoms with Crippen LogP contribution in [0.3, 0.4) is 0 Å². The summed E-state index contributed by atoms with van der Waals surface area (Å²) in [5.41, 5.74) is 8.80. The lowest BCUT2D eigenvalue weighted by atomic mass is 10.0. The van der Waals surface area contributed by atoms with Gasteiger partial charge in [0.05, 0.1) is 18.5 Å². The highest BCUT2D eigenvalue weighted by Gasteiger charge is 2.23. The van der Waals surface area contributed by atoms with E-state index in [0.29, 0.717) is 0 Å². The molecular formula is C36H29N3O. The van der Waals surface area contributed by atoms with E-state index in [2.05, 4.69) is 125 Å². The van der Waals surface area contributed by atoms with Crippen molar-refractivity contribution in [2.75, 3.05) is 7.11 Å². The molecule has 0 unspecified atom stereocenters. The molecule has 4 nitrogen and oxygen atoms in total. The minimum Gasteiger partial charge on any atom is -0.497 e. The second-order valence-electron chi connectivity index (χ2n) is 9.89. The van der Waals surface area contributed by atoms with Crippen molar-refractivity contribution in [1.29, 1.82) is 0 Å². The minimum atomic E-state index is 0.823. The first kappa shape index (κ1) is 24.0. The number of aryl methyl sites for hydroxylation is 1. The maximum absolute atomic E-state index is 5.48. The number of para-hydroxylation sites is 1. The fraction of sp³-hybridized carbons (Fsp3) is 0.0833. The highest BCUT2D eigenvalue weighted by molar-refractivity contribution is 6.09. The lowest BCUT2D eigenvalue weighted by molar-refractivity contribution is 0.415. The number of hydrogen-bond acceptors (Lipinski definition) is 2. The lowest BCUT2D eigenvalue weighted by Crippen LogP contribution is -2.00. The molecule has 0 aliphatic heterocycles. The molecule has 7 rings (SSSR count). The molecule has 7 aromatic rings. The highest BCUT2D eigenvalue weighted by Crippen LogP contribution is 2.40. The van der Waals surface area contributed by atoms with Crippen molar-refractivity contribution in [2.24, 2.45) is 0 Å². The van der Waals surface area contributed by atoms with E-state index in [-0.39, 0.29) is 0 Å². The summed E-state index contributed by atoms with van der Waals surface area (Å²) in [6.45, 7) is 3.12. The van der Waals surface area contributed by atoms with Gasteiger partial charge < -0.3 is 9.30 Å². The lowest BCUT2D eigenvalue weighted by Gasteiger charge is -2.14. The van der Waals surface area contributed by atoms with Crippen LogP contribution in [0.25, 0.3) is 61.4 Å². The summed E-state index contributed by atoms with van der Waals surface area (Å²) in [5, 5.41) is 2.50. The standard InChI is InChI=1S/C36H29N3O/c1-3-38-32-17-11-10-16-30(32)31-24-27(18-23-33(31)38)36-37-34(25-12-6-4-7-13-25)35(26-14-8-5-9-15-26)39(36)28-19-21-29(40-2)22-20-28/h4-24H,3H2,1-2H3. The molecule has 40 heavy (non-hydrogen) atoms. The van der Waals surface area contributed by atoms with Gasteiger partial charge in [-0.15, -0.1) is 0 Å². The van der Waals surface area contributed by atoms with Gasteiger partial charge in [0.2, 0.25) is 0 Å². The monoisotopic (exact) mass is 519 g/mol. The fourth-order valence-corrected chi connectivity index (χ4v) is 5.79. The van der Waals surface area contributed by atoms with Crippen LogP contribution < -0.4 is 4.74 Å². The zero-order valence-electron chi connectivity index (χ0n) is 22.6. The molecule has 0 spiro atoms. The van der Waals surface area contributed by atoms with Crippen molar-refractivity contribution in [3.63, 3.8) is 0 Å². The molecule has 0 saturated carbocycles. The van der Waals surface area contributed by atoms with E-state index in [0.717, 1.165) is 51.9 Å². The average molecular weight is 520 g/mol. The zero-order chi connectivity index (χ0) is 27.1. The first-order chi connectivity index (χ1) is 19.8. The molecule has 0 bridgehead atoms. The van der Waals surface area contributed by atoms with Gasteiger partial charge in [-0.05, 0) is 55.5 Å². The van der Waals surface area contributed by atoms with E-state index >= 15 is 0 Å². The Kier molecular flexibility index (Phi) is 5.94. The van der Waals surface area contributed by atoms with Crippen LogP contribution in [-0.4, -0.2) is 21.2 Å². The molecule has 194 valence electrons. The second kappa shape index (κ2) is 9.90. The number of methoxy groups -OCH3 is 1. The molecule has 0 N–H and O–H groups in total. The van der Waals surface area contributed by atoms with E-state index in [1.54, 1.807) is 7.11 Å². The van der Waals surface area contributed by atoms with E-state index in [9.17, 15) is 0 Å². The maximum atomic E-state index is 5.48. The first-order valence-corrected chi connectivity index (χ1v) is 13.7. The summed E-state index contributed by atoms with van der Waals surface area (Å²) in [6, 6.07) is 44.6. The molecule has 0 atom stereocenters. The Hall–Kier alpha value is -5.09. The van der Waals surface area contributed by atoms with E-state index in [4.69, 9.17) is 9.72 Å². The summed E-state index contributed by atoms with van der Waals surface area (Å²) in [6.07, 6.45) is 0. The molecule has 0 amide bonds. The Balaban J connectivity index is 1.56. The Morgan fingerprint density at radius 1 is 0.625 bits per heavy atom. The summed E-state index contributed by atoms with van der Waals surface area (Å²) in [4.78, 5) is 5.38. The average Bonchev–Trinajstić information content (AvgIpc) is 3.58. The van der Waals surface area contributed by atoms with Crippen LogP contribution in [0.1, 0.15) is 6.92 Å². The third-order valence-corrected chi connectivity index (χ3v) is 7.65. The molecule has 2 heterocycles. The van der Waals surface area contributed by atoms with Gasteiger partial charge in [0.1, 0.15) is 11.6 Å². The molecule has 0 aliphatic carbocycles. The van der Waals surface area contributed by atoms with Crippen molar-refractivity contribution >= 4 is 21.8 Å². The summed E-state index contributed by atoms with van der Waals surface area (Å²) in [5.74, 6) is 1.72. The number of ether oxygens (including phenoxy) is 1. The van der Waals surface area contributed by atoms with Crippen LogP contribution in [0.15, 0.2) is 127 Å². The number of nitrogens with zero attached hydrogens (tertiary/aromatic N) is 3. The van der Waals surface area contributed by atoms with Gasteiger partial charge in [-0.25, -0.2) is 4.98 Å². The predicted octanol–water partition coefficient (Wildman–Crippen LogP) is 9.01. The molecule has 2 aromatic heterocycles.